The van der Waals surface area contributed by atoms with E-state index in [0.717, 1.165) is 11.1 Å². The van der Waals surface area contributed by atoms with Crippen molar-refractivity contribution in [3.63, 3.8) is 0 Å². The molecule has 0 aliphatic rings. The molecule has 2 N–H and O–H groups in total. The molecular formula is C18H17N5O3. The van der Waals surface area contributed by atoms with Gasteiger partial charge in [-0.05, 0) is 29.3 Å². The van der Waals surface area contributed by atoms with Crippen LogP contribution in [0.5, 0.6) is 11.5 Å². The summed E-state index contributed by atoms with van der Waals surface area (Å²) in [4.78, 5) is 15.4. The van der Waals surface area contributed by atoms with Crippen molar-refractivity contribution >= 4 is 12.1 Å². The molecule has 0 atom stereocenters. The topological polar surface area (TPSA) is 101 Å². The molecule has 0 bridgehead atoms. The zero-order chi connectivity index (χ0) is 18.2. The van der Waals surface area contributed by atoms with Crippen LogP contribution in [0.25, 0.3) is 0 Å². The van der Waals surface area contributed by atoms with Crippen LogP contribution < -0.4 is 14.9 Å². The van der Waals surface area contributed by atoms with Crippen molar-refractivity contribution in [3.05, 3.63) is 71.8 Å². The highest BCUT2D eigenvalue weighted by Crippen LogP contribution is 2.28. The lowest BCUT2D eigenvalue weighted by Gasteiger charge is -2.11. The summed E-state index contributed by atoms with van der Waals surface area (Å²) >= 11 is 0. The minimum absolute atomic E-state index is 0.0874. The first-order valence-corrected chi connectivity index (χ1v) is 7.80. The van der Waals surface area contributed by atoms with Gasteiger partial charge in [0.15, 0.2) is 11.5 Å². The second kappa shape index (κ2) is 8.43. The first-order chi connectivity index (χ1) is 12.8. The van der Waals surface area contributed by atoms with Crippen LogP contribution in [0.15, 0.2) is 60.0 Å². The summed E-state index contributed by atoms with van der Waals surface area (Å²) in [6.07, 6.45) is 2.75. The van der Waals surface area contributed by atoms with Gasteiger partial charge in [0.25, 0.3) is 0 Å². The number of amides is 1. The number of H-pyrrole nitrogens is 1. The molecule has 0 unspecified atom stereocenters. The van der Waals surface area contributed by atoms with Crippen LogP contribution in [-0.2, 0) is 6.61 Å². The van der Waals surface area contributed by atoms with Crippen molar-refractivity contribution in [3.8, 4) is 11.5 Å². The molecule has 0 saturated carbocycles. The highest BCUT2D eigenvalue weighted by Gasteiger charge is 2.07. The van der Waals surface area contributed by atoms with E-state index in [4.69, 9.17) is 9.47 Å². The molecule has 2 aromatic carbocycles. The van der Waals surface area contributed by atoms with Crippen LogP contribution in [0.1, 0.15) is 21.7 Å². The number of hydrogen-bond acceptors (Lipinski definition) is 6. The number of nitrogens with zero attached hydrogens (tertiary/aromatic N) is 3. The highest BCUT2D eigenvalue weighted by atomic mass is 16.5. The fourth-order valence-electron chi connectivity index (χ4n) is 2.15. The largest absolute Gasteiger partial charge is 0.493 e. The summed E-state index contributed by atoms with van der Waals surface area (Å²) in [6.45, 7) is 0.442. The number of hydrogen-bond donors (Lipinski definition) is 2. The number of nitrogens with one attached hydrogen (secondary N) is 2. The fraction of sp³-hybridized carbons (Fsp3) is 0.111. The lowest BCUT2D eigenvalue weighted by molar-refractivity contribution is 0.0945. The van der Waals surface area contributed by atoms with Crippen molar-refractivity contribution in [2.45, 2.75) is 6.61 Å². The molecule has 0 spiro atoms. The number of aromatic nitrogens is 3. The van der Waals surface area contributed by atoms with E-state index in [1.54, 1.807) is 19.2 Å². The summed E-state index contributed by atoms with van der Waals surface area (Å²) in [7, 11) is 1.57. The first kappa shape index (κ1) is 17.2. The molecule has 0 aliphatic heterocycles. The smallest absolute Gasteiger partial charge is 0.308 e. The van der Waals surface area contributed by atoms with E-state index in [-0.39, 0.29) is 5.82 Å². The van der Waals surface area contributed by atoms with Gasteiger partial charge in [-0.2, -0.15) is 10.2 Å². The van der Waals surface area contributed by atoms with Gasteiger partial charge in [-0.15, -0.1) is 0 Å². The van der Waals surface area contributed by atoms with Gasteiger partial charge in [0.1, 0.15) is 12.9 Å². The Balaban J connectivity index is 1.62. The van der Waals surface area contributed by atoms with E-state index in [1.165, 1.54) is 12.5 Å². The number of benzene rings is 2. The molecule has 3 rings (SSSR count). The Morgan fingerprint density at radius 1 is 1.23 bits per heavy atom. The van der Waals surface area contributed by atoms with Gasteiger partial charge in [-0.1, -0.05) is 30.3 Å². The fourth-order valence-corrected chi connectivity index (χ4v) is 2.15. The normalized spacial score (nSPS) is 10.7. The molecule has 26 heavy (non-hydrogen) atoms. The number of hydrazone groups is 1. The van der Waals surface area contributed by atoms with E-state index < -0.39 is 5.91 Å². The SMILES string of the molecule is COc1cc(C=NNC(=O)c2ncn[nH]2)ccc1OCc1ccccc1. The van der Waals surface area contributed by atoms with Gasteiger partial charge in [-0.3, -0.25) is 9.89 Å². The minimum atomic E-state index is -0.478. The van der Waals surface area contributed by atoms with Crippen molar-refractivity contribution in [1.29, 1.82) is 0 Å². The van der Waals surface area contributed by atoms with Gasteiger partial charge in [0, 0.05) is 0 Å². The number of rotatable bonds is 7. The molecule has 1 heterocycles. The Morgan fingerprint density at radius 2 is 2.08 bits per heavy atom. The van der Waals surface area contributed by atoms with E-state index in [9.17, 15) is 4.79 Å². The minimum Gasteiger partial charge on any atom is -0.493 e. The molecule has 0 aliphatic carbocycles. The number of ether oxygens (including phenoxy) is 2. The maximum Gasteiger partial charge on any atom is 0.308 e. The lowest BCUT2D eigenvalue weighted by atomic mass is 10.2. The average molecular weight is 351 g/mol. The zero-order valence-corrected chi connectivity index (χ0v) is 14.0. The third-order valence-electron chi connectivity index (χ3n) is 3.43. The second-order valence-electron chi connectivity index (χ2n) is 5.22. The summed E-state index contributed by atoms with van der Waals surface area (Å²) in [6, 6.07) is 15.2. The number of aromatic amines is 1. The molecule has 1 aromatic heterocycles. The van der Waals surface area contributed by atoms with Crippen molar-refractivity contribution in [2.24, 2.45) is 5.10 Å². The number of carbonyl (C=O) groups is 1. The summed E-state index contributed by atoms with van der Waals surface area (Å²) in [5.41, 5.74) is 4.16. The van der Waals surface area contributed by atoms with Crippen LogP contribution in [-0.4, -0.2) is 34.4 Å². The molecule has 8 heteroatoms. The van der Waals surface area contributed by atoms with Crippen LogP contribution in [0.4, 0.5) is 0 Å². The molecule has 0 fully saturated rings. The predicted molar refractivity (Wildman–Crippen MR) is 95.2 cm³/mol. The van der Waals surface area contributed by atoms with Crippen molar-refractivity contribution < 1.29 is 14.3 Å². The Bertz CT molecular complexity index is 879. The molecular weight excluding hydrogens is 334 g/mol. The van der Waals surface area contributed by atoms with E-state index in [2.05, 4.69) is 25.7 Å². The third kappa shape index (κ3) is 4.44. The summed E-state index contributed by atoms with van der Waals surface area (Å²) in [5.74, 6) is 0.809. The van der Waals surface area contributed by atoms with Crippen molar-refractivity contribution in [2.75, 3.05) is 7.11 Å². The Hall–Kier alpha value is -3.68. The standard InChI is InChI=1S/C18H17N5O3/c1-25-16-9-14(10-20-23-18(24)17-19-12-21-22-17)7-8-15(16)26-11-13-5-3-2-4-6-13/h2-10,12H,11H2,1H3,(H,23,24)(H,19,21,22). The zero-order valence-electron chi connectivity index (χ0n) is 14.0. The first-order valence-electron chi connectivity index (χ1n) is 7.80. The maximum atomic E-state index is 11.7. The van der Waals surface area contributed by atoms with Crippen molar-refractivity contribution in [1.82, 2.24) is 20.6 Å². The maximum absolute atomic E-state index is 11.7. The second-order valence-corrected chi connectivity index (χ2v) is 5.22. The summed E-state index contributed by atoms with van der Waals surface area (Å²) < 4.78 is 11.2. The average Bonchev–Trinajstić information content (AvgIpc) is 3.22. The van der Waals surface area contributed by atoms with Crippen LogP contribution in [0.3, 0.4) is 0 Å². The lowest BCUT2D eigenvalue weighted by Crippen LogP contribution is -2.19. The number of carbonyl (C=O) groups excluding carboxylic acids is 1. The van der Waals surface area contributed by atoms with Crippen LogP contribution in [0, 0.1) is 0 Å². The highest BCUT2D eigenvalue weighted by molar-refractivity contribution is 5.91. The molecule has 3 aromatic rings. The molecule has 1 amide bonds. The van der Waals surface area contributed by atoms with Crippen LogP contribution in [0.2, 0.25) is 0 Å². The molecule has 0 saturated heterocycles. The predicted octanol–water partition coefficient (Wildman–Crippen LogP) is 2.16. The third-order valence-corrected chi connectivity index (χ3v) is 3.43. The number of methoxy groups -OCH3 is 1. The van der Waals surface area contributed by atoms with Crippen LogP contribution >= 0.6 is 0 Å². The van der Waals surface area contributed by atoms with Gasteiger partial charge in [0.05, 0.1) is 13.3 Å². The molecule has 0 radical (unpaired) electrons. The molecule has 132 valence electrons. The molecule has 8 nitrogen and oxygen atoms in total. The van der Waals surface area contributed by atoms with Gasteiger partial charge in [0.2, 0.25) is 5.82 Å². The quantitative estimate of drug-likeness (QED) is 0.502. The Kier molecular flexibility index (Phi) is 5.56. The van der Waals surface area contributed by atoms with E-state index in [0.29, 0.717) is 18.1 Å². The van der Waals surface area contributed by atoms with Gasteiger partial charge >= 0.3 is 5.91 Å². The van der Waals surface area contributed by atoms with E-state index in [1.807, 2.05) is 36.4 Å². The Labute approximate surface area is 149 Å². The van der Waals surface area contributed by atoms with Gasteiger partial charge < -0.3 is 9.47 Å². The van der Waals surface area contributed by atoms with Gasteiger partial charge in [-0.25, -0.2) is 10.4 Å². The monoisotopic (exact) mass is 351 g/mol. The summed E-state index contributed by atoms with van der Waals surface area (Å²) in [5, 5.41) is 9.94. The Morgan fingerprint density at radius 3 is 2.81 bits per heavy atom. The van der Waals surface area contributed by atoms with E-state index >= 15 is 0 Å².